The molecule has 0 aromatic carbocycles. The number of aromatic nitrogens is 4. The molecule has 4 N–H and O–H groups in total. The molecule has 0 amide bonds. The van der Waals surface area contributed by atoms with Crippen LogP contribution in [0.5, 0.6) is 0 Å². The molecular weight excluding hydrogens is 455 g/mol. The Morgan fingerprint density at radius 2 is 2.18 bits per heavy atom. The number of aromatic amines is 1. The van der Waals surface area contributed by atoms with Gasteiger partial charge in [0.1, 0.15) is 24.5 Å². The van der Waals surface area contributed by atoms with E-state index in [1.54, 1.807) is 11.5 Å². The minimum absolute atomic E-state index is 0.00371. The van der Waals surface area contributed by atoms with Crippen LogP contribution >= 0.6 is 7.75 Å². The summed E-state index contributed by atoms with van der Waals surface area (Å²) >= 11 is 0. The molecule has 14 heteroatoms. The Labute approximate surface area is 189 Å². The molecule has 0 radical (unpaired) electrons. The fourth-order valence-electron chi connectivity index (χ4n) is 3.87. The van der Waals surface area contributed by atoms with Crippen LogP contribution in [0.3, 0.4) is 0 Å². The van der Waals surface area contributed by atoms with E-state index in [0.29, 0.717) is 13.0 Å². The van der Waals surface area contributed by atoms with Gasteiger partial charge in [0.05, 0.1) is 19.5 Å². The maximum atomic E-state index is 13.1. The Hall–Kier alpha value is -2.31. The first-order valence-corrected chi connectivity index (χ1v) is 12.5. The number of carbonyl (C=O) groups is 1. The van der Waals surface area contributed by atoms with E-state index in [4.69, 9.17) is 24.3 Å². The number of hydrogen-bond acceptors (Lipinski definition) is 10. The number of nitrogens with zero attached hydrogens (tertiary/aromatic N) is 3. The van der Waals surface area contributed by atoms with E-state index in [-0.39, 0.29) is 29.6 Å². The highest BCUT2D eigenvalue weighted by atomic mass is 31.2. The number of ether oxygens (including phenoxy) is 2. The normalized spacial score (nSPS) is 28.2. The zero-order valence-corrected chi connectivity index (χ0v) is 19.6. The fraction of sp³-hybridized carbons (Fsp3) is 0.684. The second kappa shape index (κ2) is 9.51. The number of nitrogens with one attached hydrogen (secondary N) is 2. The summed E-state index contributed by atoms with van der Waals surface area (Å²) in [6.45, 7) is 5.93. The van der Waals surface area contributed by atoms with Crippen LogP contribution in [0.2, 0.25) is 0 Å². The van der Waals surface area contributed by atoms with Gasteiger partial charge in [-0.3, -0.25) is 28.2 Å². The van der Waals surface area contributed by atoms with E-state index < -0.39 is 43.8 Å². The third-order valence-corrected chi connectivity index (χ3v) is 7.69. The standard InChI is InChI=1S/C19H29N6O7P/c1-4-11(5-2)7-29-18(27)10(3)24-33(28)30-8-13-12(32-33)6-14(31-13)25-9-21-15-16(25)22-19(20)23-17(15)26/h9-14H,4-8H2,1-3H3,(H,24,28)(H3,20,22,23,26)/t10-,12-,13+,14+,33?/m0/s1. The van der Waals surface area contributed by atoms with Crippen molar-refractivity contribution in [3.63, 3.8) is 0 Å². The molecule has 182 valence electrons. The number of H-pyrrole nitrogens is 1. The molecule has 1 unspecified atom stereocenters. The van der Waals surface area contributed by atoms with Gasteiger partial charge in [0.25, 0.3) is 5.56 Å². The minimum atomic E-state index is -3.77. The van der Waals surface area contributed by atoms with Crippen molar-refractivity contribution in [3.05, 3.63) is 16.7 Å². The van der Waals surface area contributed by atoms with E-state index in [2.05, 4.69) is 20.0 Å². The second-order valence-electron chi connectivity index (χ2n) is 8.24. The Balaban J connectivity index is 1.39. The summed E-state index contributed by atoms with van der Waals surface area (Å²) in [5.74, 6) is -0.277. The lowest BCUT2D eigenvalue weighted by molar-refractivity contribution is -0.147. The predicted octanol–water partition coefficient (Wildman–Crippen LogP) is 1.47. The molecule has 4 heterocycles. The molecule has 5 atom stereocenters. The van der Waals surface area contributed by atoms with Crippen molar-refractivity contribution in [1.82, 2.24) is 24.6 Å². The molecule has 0 bridgehead atoms. The molecule has 2 saturated heterocycles. The number of hydrogen-bond donors (Lipinski definition) is 3. The first kappa shape index (κ1) is 23.8. The van der Waals surface area contributed by atoms with Gasteiger partial charge in [-0.15, -0.1) is 0 Å². The lowest BCUT2D eigenvalue weighted by atomic mass is 10.1. The molecule has 2 aromatic rings. The largest absolute Gasteiger partial charge is 0.464 e. The van der Waals surface area contributed by atoms with Gasteiger partial charge in [0.2, 0.25) is 5.95 Å². The lowest BCUT2D eigenvalue weighted by Gasteiger charge is -2.32. The lowest BCUT2D eigenvalue weighted by Crippen LogP contribution is -2.41. The van der Waals surface area contributed by atoms with Crippen LogP contribution in [0.15, 0.2) is 11.1 Å². The Morgan fingerprint density at radius 1 is 1.42 bits per heavy atom. The smallest absolute Gasteiger partial charge is 0.406 e. The molecule has 33 heavy (non-hydrogen) atoms. The molecule has 2 aromatic heterocycles. The number of nitrogens with two attached hydrogens (primary N) is 1. The molecule has 13 nitrogen and oxygen atoms in total. The highest BCUT2D eigenvalue weighted by molar-refractivity contribution is 7.51. The SMILES string of the molecule is CCC(CC)COC(=O)[C@H](C)NP1(=O)OC[C@H]2O[C@@H](n3cnc4c(=O)[nH]c(N)nc43)C[C@@H]2O1. The van der Waals surface area contributed by atoms with Gasteiger partial charge in [0.15, 0.2) is 11.2 Å². The highest BCUT2D eigenvalue weighted by Gasteiger charge is 2.48. The molecular formula is C19H29N6O7P. The molecule has 2 aliphatic heterocycles. The third kappa shape index (κ3) is 4.97. The van der Waals surface area contributed by atoms with Crippen LogP contribution in [0.4, 0.5) is 5.95 Å². The Bertz CT molecular complexity index is 1120. The van der Waals surface area contributed by atoms with E-state index in [1.807, 2.05) is 13.8 Å². The number of nitrogen functional groups attached to an aromatic ring is 1. The van der Waals surface area contributed by atoms with Gasteiger partial charge < -0.3 is 15.2 Å². The number of anilines is 1. The molecule has 0 aliphatic carbocycles. The van der Waals surface area contributed by atoms with Crippen LogP contribution in [0.1, 0.15) is 46.3 Å². The zero-order chi connectivity index (χ0) is 23.8. The van der Waals surface area contributed by atoms with E-state index in [0.717, 1.165) is 12.8 Å². The van der Waals surface area contributed by atoms with E-state index in [1.165, 1.54) is 6.33 Å². The molecule has 4 rings (SSSR count). The second-order valence-corrected chi connectivity index (χ2v) is 9.96. The number of esters is 1. The summed E-state index contributed by atoms with van der Waals surface area (Å²) in [5.41, 5.74) is 5.60. The van der Waals surface area contributed by atoms with E-state index >= 15 is 0 Å². The molecule has 2 fully saturated rings. The minimum Gasteiger partial charge on any atom is -0.464 e. The van der Waals surface area contributed by atoms with Crippen LogP contribution in [-0.4, -0.2) is 57.0 Å². The average molecular weight is 484 g/mol. The zero-order valence-electron chi connectivity index (χ0n) is 18.7. The Morgan fingerprint density at radius 3 is 2.91 bits per heavy atom. The summed E-state index contributed by atoms with van der Waals surface area (Å²) in [7, 11) is -3.77. The summed E-state index contributed by atoms with van der Waals surface area (Å²) in [6.07, 6.45) is 1.93. The van der Waals surface area contributed by atoms with Gasteiger partial charge in [-0.05, 0) is 12.8 Å². The fourth-order valence-corrected chi connectivity index (χ4v) is 5.57. The van der Waals surface area contributed by atoms with Gasteiger partial charge in [-0.1, -0.05) is 26.7 Å². The van der Waals surface area contributed by atoms with Crippen molar-refractivity contribution >= 4 is 30.8 Å². The van der Waals surface area contributed by atoms with Crippen molar-refractivity contribution < 1.29 is 27.9 Å². The van der Waals surface area contributed by atoms with E-state index in [9.17, 15) is 14.2 Å². The summed E-state index contributed by atoms with van der Waals surface area (Å²) < 4.78 is 37.2. The van der Waals surface area contributed by atoms with Gasteiger partial charge in [-0.25, -0.2) is 14.6 Å². The molecule has 2 aliphatic rings. The number of fused-ring (bicyclic) bond motifs is 2. The van der Waals surface area contributed by atoms with Crippen LogP contribution in [0, 0.1) is 5.92 Å². The number of carbonyl (C=O) groups excluding carboxylic acids is 1. The van der Waals surface area contributed by atoms with Gasteiger partial charge in [0, 0.05) is 6.42 Å². The maximum Gasteiger partial charge on any atom is 0.406 e. The van der Waals surface area contributed by atoms with Crippen molar-refractivity contribution in [2.24, 2.45) is 5.92 Å². The first-order valence-electron chi connectivity index (χ1n) is 11.0. The number of imidazole rings is 1. The number of rotatable bonds is 8. The highest BCUT2D eigenvalue weighted by Crippen LogP contribution is 2.53. The topological polar surface area (TPSA) is 173 Å². The average Bonchev–Trinajstić information content (AvgIpc) is 3.37. The summed E-state index contributed by atoms with van der Waals surface area (Å²) in [6, 6.07) is -0.878. The Kier molecular flexibility index (Phi) is 6.87. The van der Waals surface area contributed by atoms with Gasteiger partial charge in [-0.2, -0.15) is 4.98 Å². The predicted molar refractivity (Wildman–Crippen MR) is 117 cm³/mol. The van der Waals surface area contributed by atoms with Crippen molar-refractivity contribution in [3.8, 4) is 0 Å². The van der Waals surface area contributed by atoms with Crippen molar-refractivity contribution in [1.29, 1.82) is 0 Å². The summed E-state index contributed by atoms with van der Waals surface area (Å²) in [5, 5.41) is 2.65. The van der Waals surface area contributed by atoms with Crippen LogP contribution in [0.25, 0.3) is 11.2 Å². The van der Waals surface area contributed by atoms with Crippen LogP contribution < -0.4 is 16.4 Å². The van der Waals surface area contributed by atoms with Crippen LogP contribution in [-0.2, 0) is 27.9 Å². The quantitative estimate of drug-likeness (QED) is 0.366. The molecule has 0 saturated carbocycles. The monoisotopic (exact) mass is 484 g/mol. The van der Waals surface area contributed by atoms with Crippen molar-refractivity contribution in [2.45, 2.75) is 64.5 Å². The third-order valence-electron chi connectivity index (χ3n) is 5.95. The molecule has 0 spiro atoms. The summed E-state index contributed by atoms with van der Waals surface area (Å²) in [4.78, 5) is 34.9. The van der Waals surface area contributed by atoms with Gasteiger partial charge >= 0.3 is 13.7 Å². The first-order chi connectivity index (χ1) is 15.7. The van der Waals surface area contributed by atoms with Crippen molar-refractivity contribution in [2.75, 3.05) is 18.9 Å². The maximum absolute atomic E-state index is 13.1.